The zero-order valence-corrected chi connectivity index (χ0v) is 13.8. The Hall–Kier alpha value is -1.62. The number of halogens is 1. The normalized spacial score (nSPS) is 22.2. The molecule has 1 fully saturated rings. The summed E-state index contributed by atoms with van der Waals surface area (Å²) in [5.41, 5.74) is 6.47. The van der Waals surface area contributed by atoms with Gasteiger partial charge in [-0.25, -0.2) is 4.39 Å². The first kappa shape index (κ1) is 16.2. The lowest BCUT2D eigenvalue weighted by molar-refractivity contribution is 0.0116. The highest BCUT2D eigenvalue weighted by atomic mass is 19.1. The SMILES string of the molecule is CCC(C)N(C1CCC1)C1COc2c(F)ccc(C(N)=O)c2C1. The molecule has 0 bridgehead atoms. The summed E-state index contributed by atoms with van der Waals surface area (Å²) < 4.78 is 19.7. The highest BCUT2D eigenvalue weighted by Gasteiger charge is 2.37. The van der Waals surface area contributed by atoms with Gasteiger partial charge in [-0.15, -0.1) is 0 Å². The van der Waals surface area contributed by atoms with Crippen LogP contribution < -0.4 is 10.5 Å². The molecule has 2 aliphatic rings. The van der Waals surface area contributed by atoms with Crippen LogP contribution in [0.15, 0.2) is 12.1 Å². The van der Waals surface area contributed by atoms with Crippen LogP contribution in [0.2, 0.25) is 0 Å². The molecule has 0 aromatic heterocycles. The van der Waals surface area contributed by atoms with Crippen molar-refractivity contribution in [2.75, 3.05) is 6.61 Å². The van der Waals surface area contributed by atoms with Crippen LogP contribution in [0, 0.1) is 5.82 Å². The van der Waals surface area contributed by atoms with Crippen LogP contribution in [0.4, 0.5) is 4.39 Å². The molecule has 1 amide bonds. The zero-order chi connectivity index (χ0) is 16.6. The maximum Gasteiger partial charge on any atom is 0.249 e. The fourth-order valence-electron chi connectivity index (χ4n) is 3.77. The second-order valence-corrected chi connectivity index (χ2v) is 6.73. The first-order valence-electron chi connectivity index (χ1n) is 8.54. The van der Waals surface area contributed by atoms with Gasteiger partial charge in [-0.2, -0.15) is 0 Å². The molecule has 0 spiro atoms. The zero-order valence-electron chi connectivity index (χ0n) is 13.8. The Morgan fingerprint density at radius 2 is 2.17 bits per heavy atom. The number of hydrogen-bond acceptors (Lipinski definition) is 3. The lowest BCUT2D eigenvalue weighted by Crippen LogP contribution is -2.55. The maximum absolute atomic E-state index is 14.0. The Kier molecular flexibility index (Phi) is 4.57. The second-order valence-electron chi connectivity index (χ2n) is 6.73. The number of primary amides is 1. The molecule has 23 heavy (non-hydrogen) atoms. The van der Waals surface area contributed by atoms with Crippen molar-refractivity contribution in [3.63, 3.8) is 0 Å². The standard InChI is InChI=1S/C18H25FN2O2/c1-3-11(2)21(12-5-4-6-12)13-9-15-14(18(20)22)7-8-16(19)17(15)23-10-13/h7-8,11-13H,3-6,9-10H2,1-2H3,(H2,20,22). The van der Waals surface area contributed by atoms with E-state index < -0.39 is 11.7 Å². The molecule has 1 heterocycles. The maximum atomic E-state index is 14.0. The first-order chi connectivity index (χ1) is 11.0. The molecule has 1 aromatic carbocycles. The van der Waals surface area contributed by atoms with E-state index in [1.54, 1.807) is 0 Å². The van der Waals surface area contributed by atoms with Crippen LogP contribution in [0.25, 0.3) is 0 Å². The van der Waals surface area contributed by atoms with Crippen LogP contribution in [0.3, 0.4) is 0 Å². The number of hydrogen-bond donors (Lipinski definition) is 1. The Bertz CT molecular complexity index is 596. The molecular formula is C18H25FN2O2. The van der Waals surface area contributed by atoms with Crippen molar-refractivity contribution in [3.05, 3.63) is 29.1 Å². The molecule has 1 saturated carbocycles. The number of amides is 1. The third-order valence-corrected chi connectivity index (χ3v) is 5.36. The summed E-state index contributed by atoms with van der Waals surface area (Å²) in [5.74, 6) is -0.735. The number of ether oxygens (including phenoxy) is 1. The van der Waals surface area contributed by atoms with Crippen LogP contribution in [-0.2, 0) is 6.42 Å². The molecule has 3 rings (SSSR count). The summed E-state index contributed by atoms with van der Waals surface area (Å²) in [5, 5.41) is 0. The minimum absolute atomic E-state index is 0.169. The molecule has 1 aliphatic heterocycles. The van der Waals surface area contributed by atoms with Gasteiger partial charge in [0.2, 0.25) is 5.91 Å². The average molecular weight is 320 g/mol. The Morgan fingerprint density at radius 1 is 1.43 bits per heavy atom. The monoisotopic (exact) mass is 320 g/mol. The van der Waals surface area contributed by atoms with E-state index in [1.807, 2.05) is 0 Å². The molecule has 2 atom stereocenters. The van der Waals surface area contributed by atoms with Crippen LogP contribution in [0.5, 0.6) is 5.75 Å². The minimum atomic E-state index is -0.524. The summed E-state index contributed by atoms with van der Waals surface area (Å²) >= 11 is 0. The van der Waals surface area contributed by atoms with Crippen molar-refractivity contribution < 1.29 is 13.9 Å². The summed E-state index contributed by atoms with van der Waals surface area (Å²) in [7, 11) is 0. The molecule has 5 heteroatoms. The number of benzene rings is 1. The van der Waals surface area contributed by atoms with E-state index in [-0.39, 0.29) is 11.8 Å². The Labute approximate surface area is 136 Å². The van der Waals surface area contributed by atoms with Crippen LogP contribution in [-0.4, -0.2) is 35.5 Å². The molecule has 2 unspecified atom stereocenters. The smallest absolute Gasteiger partial charge is 0.249 e. The third kappa shape index (κ3) is 2.94. The van der Waals surface area contributed by atoms with Gasteiger partial charge in [-0.1, -0.05) is 13.3 Å². The summed E-state index contributed by atoms with van der Waals surface area (Å²) in [6.45, 7) is 4.88. The van der Waals surface area contributed by atoms with E-state index in [1.165, 1.54) is 31.4 Å². The number of fused-ring (bicyclic) bond motifs is 1. The third-order valence-electron chi connectivity index (χ3n) is 5.36. The molecule has 0 saturated heterocycles. The van der Waals surface area contributed by atoms with E-state index in [4.69, 9.17) is 10.5 Å². The highest BCUT2D eigenvalue weighted by Crippen LogP contribution is 2.36. The minimum Gasteiger partial charge on any atom is -0.489 e. The predicted octanol–water partition coefficient (Wildman–Crippen LogP) is 2.88. The van der Waals surface area contributed by atoms with Crippen molar-refractivity contribution in [3.8, 4) is 5.75 Å². The summed E-state index contributed by atoms with van der Waals surface area (Å²) in [4.78, 5) is 14.2. The lowest BCUT2D eigenvalue weighted by Gasteiger charge is -2.47. The van der Waals surface area contributed by atoms with Gasteiger partial charge in [0.1, 0.15) is 6.61 Å². The van der Waals surface area contributed by atoms with Gasteiger partial charge in [0.15, 0.2) is 11.6 Å². The molecule has 1 aliphatic carbocycles. The largest absolute Gasteiger partial charge is 0.489 e. The number of carbonyl (C=O) groups is 1. The van der Waals surface area contributed by atoms with Gasteiger partial charge in [0.05, 0.1) is 0 Å². The summed E-state index contributed by atoms with van der Waals surface area (Å²) in [6.07, 6.45) is 5.36. The van der Waals surface area contributed by atoms with Crippen molar-refractivity contribution in [1.29, 1.82) is 0 Å². The molecule has 126 valence electrons. The Morgan fingerprint density at radius 3 is 2.74 bits per heavy atom. The highest BCUT2D eigenvalue weighted by molar-refractivity contribution is 5.95. The fourth-order valence-corrected chi connectivity index (χ4v) is 3.77. The van der Waals surface area contributed by atoms with Gasteiger partial charge in [-0.3, -0.25) is 9.69 Å². The molecule has 2 N–H and O–H groups in total. The predicted molar refractivity (Wildman–Crippen MR) is 87.1 cm³/mol. The Balaban J connectivity index is 1.91. The van der Waals surface area contributed by atoms with E-state index in [2.05, 4.69) is 18.7 Å². The number of nitrogens with two attached hydrogens (primary N) is 1. The van der Waals surface area contributed by atoms with Crippen molar-refractivity contribution >= 4 is 5.91 Å². The van der Waals surface area contributed by atoms with Gasteiger partial charge in [0.25, 0.3) is 0 Å². The van der Waals surface area contributed by atoms with E-state index in [0.29, 0.717) is 36.2 Å². The van der Waals surface area contributed by atoms with Gasteiger partial charge >= 0.3 is 0 Å². The topological polar surface area (TPSA) is 55.6 Å². The van der Waals surface area contributed by atoms with Crippen molar-refractivity contribution in [2.24, 2.45) is 5.73 Å². The van der Waals surface area contributed by atoms with E-state index >= 15 is 0 Å². The van der Waals surface area contributed by atoms with Crippen molar-refractivity contribution in [2.45, 2.75) is 64.1 Å². The van der Waals surface area contributed by atoms with Gasteiger partial charge in [0, 0.05) is 29.3 Å². The number of rotatable bonds is 5. The fraction of sp³-hybridized carbons (Fsp3) is 0.611. The van der Waals surface area contributed by atoms with Gasteiger partial charge in [-0.05, 0) is 44.7 Å². The van der Waals surface area contributed by atoms with Gasteiger partial charge < -0.3 is 10.5 Å². The molecule has 0 radical (unpaired) electrons. The molecular weight excluding hydrogens is 295 g/mol. The average Bonchev–Trinajstić information content (AvgIpc) is 2.49. The lowest BCUT2D eigenvalue weighted by atomic mass is 9.86. The van der Waals surface area contributed by atoms with Crippen molar-refractivity contribution in [1.82, 2.24) is 4.90 Å². The number of carbonyl (C=O) groups excluding carboxylic acids is 1. The van der Waals surface area contributed by atoms with Crippen LogP contribution >= 0.6 is 0 Å². The second kappa shape index (κ2) is 6.48. The number of nitrogens with zero attached hydrogens (tertiary/aromatic N) is 1. The first-order valence-corrected chi connectivity index (χ1v) is 8.54. The molecule has 4 nitrogen and oxygen atoms in total. The summed E-state index contributed by atoms with van der Waals surface area (Å²) in [6, 6.07) is 3.92. The van der Waals surface area contributed by atoms with E-state index in [0.717, 1.165) is 6.42 Å². The van der Waals surface area contributed by atoms with Crippen LogP contribution in [0.1, 0.15) is 55.5 Å². The quantitative estimate of drug-likeness (QED) is 0.907. The molecule has 1 aromatic rings. The van der Waals surface area contributed by atoms with E-state index in [9.17, 15) is 9.18 Å².